The third-order valence-electron chi connectivity index (χ3n) is 2.27. The molecule has 0 bridgehead atoms. The number of carboxylic acid groups (broad SMARTS) is 2. The van der Waals surface area contributed by atoms with Crippen molar-refractivity contribution in [3.8, 4) is 0 Å². The van der Waals surface area contributed by atoms with Gasteiger partial charge in [0.05, 0.1) is 0 Å². The molecule has 0 aliphatic rings. The molecular formula is C10H6N2O6. The topological polar surface area (TPSA) is 140 Å². The average Bonchev–Trinajstić information content (AvgIpc) is 2.29. The summed E-state index contributed by atoms with van der Waals surface area (Å²) in [6.45, 7) is 0. The molecule has 0 atom stereocenters. The first-order valence-electron chi connectivity index (χ1n) is 4.67. The van der Waals surface area contributed by atoms with Crippen LogP contribution in [0.2, 0.25) is 0 Å². The summed E-state index contributed by atoms with van der Waals surface area (Å²) in [5.74, 6) is -2.79. The highest BCUT2D eigenvalue weighted by Gasteiger charge is 2.13. The number of hydrogen-bond donors (Lipinski definition) is 4. The van der Waals surface area contributed by atoms with Crippen LogP contribution >= 0.6 is 0 Å². The Hall–Kier alpha value is -2.90. The quantitative estimate of drug-likeness (QED) is 0.572. The second-order valence-corrected chi connectivity index (χ2v) is 3.45. The highest BCUT2D eigenvalue weighted by Crippen LogP contribution is 2.03. The molecule has 0 spiro atoms. The van der Waals surface area contributed by atoms with E-state index in [9.17, 15) is 19.2 Å². The lowest BCUT2D eigenvalue weighted by atomic mass is 10.2. The van der Waals surface area contributed by atoms with E-state index in [1.807, 2.05) is 0 Å². The van der Waals surface area contributed by atoms with Crippen molar-refractivity contribution in [2.75, 3.05) is 0 Å². The van der Waals surface area contributed by atoms with Gasteiger partial charge in [0.2, 0.25) is 10.9 Å². The zero-order chi connectivity index (χ0) is 13.4. The normalized spacial score (nSPS) is 10.4. The molecule has 8 heteroatoms. The van der Waals surface area contributed by atoms with Crippen LogP contribution in [0.3, 0.4) is 0 Å². The molecule has 4 N–H and O–H groups in total. The molecule has 8 nitrogen and oxygen atoms in total. The van der Waals surface area contributed by atoms with Crippen LogP contribution in [0.5, 0.6) is 0 Å². The molecule has 0 saturated heterocycles. The SMILES string of the molecule is O=C(O)c1cc(=O)c2[nH]c(C(=O)O)cc(=O)c2[nH]1. The molecule has 2 aromatic rings. The minimum absolute atomic E-state index is 0.273. The monoisotopic (exact) mass is 250 g/mol. The predicted molar refractivity (Wildman–Crippen MR) is 59.1 cm³/mol. The first kappa shape index (κ1) is 11.6. The minimum Gasteiger partial charge on any atom is -0.477 e. The van der Waals surface area contributed by atoms with Crippen LogP contribution in [0.1, 0.15) is 21.0 Å². The van der Waals surface area contributed by atoms with Gasteiger partial charge in [0, 0.05) is 12.1 Å². The Labute approximate surface area is 97.5 Å². The summed E-state index contributed by atoms with van der Waals surface area (Å²) >= 11 is 0. The number of H-pyrrole nitrogens is 2. The number of aromatic amines is 2. The lowest BCUT2D eigenvalue weighted by Crippen LogP contribution is -2.18. The number of aromatic carboxylic acids is 2. The Balaban J connectivity index is 2.93. The van der Waals surface area contributed by atoms with Gasteiger partial charge in [0.15, 0.2) is 0 Å². The van der Waals surface area contributed by atoms with Crippen molar-refractivity contribution in [3.63, 3.8) is 0 Å². The van der Waals surface area contributed by atoms with Gasteiger partial charge in [-0.15, -0.1) is 0 Å². The van der Waals surface area contributed by atoms with Gasteiger partial charge < -0.3 is 20.2 Å². The second kappa shape index (κ2) is 3.84. The van der Waals surface area contributed by atoms with E-state index in [1.54, 1.807) is 0 Å². The van der Waals surface area contributed by atoms with Crippen LogP contribution in [-0.4, -0.2) is 32.1 Å². The highest BCUT2D eigenvalue weighted by molar-refractivity contribution is 5.91. The summed E-state index contributed by atoms with van der Waals surface area (Å²) < 4.78 is 0. The zero-order valence-corrected chi connectivity index (χ0v) is 8.68. The number of hydrogen-bond acceptors (Lipinski definition) is 4. The standard InChI is InChI=1S/C10H6N2O6/c13-5-1-3(9(15)16)11-8-6(14)2-4(10(17)18)12-7(5)8/h1-2H,(H,11,13)(H,12,14)(H,15,16)(H,17,18). The van der Waals surface area contributed by atoms with E-state index in [4.69, 9.17) is 10.2 Å². The van der Waals surface area contributed by atoms with E-state index < -0.39 is 34.2 Å². The Morgan fingerprint density at radius 3 is 1.44 bits per heavy atom. The van der Waals surface area contributed by atoms with Gasteiger partial charge in [-0.2, -0.15) is 0 Å². The van der Waals surface area contributed by atoms with Crippen molar-refractivity contribution < 1.29 is 19.8 Å². The Morgan fingerprint density at radius 2 is 1.17 bits per heavy atom. The number of aromatic nitrogens is 2. The molecule has 2 aromatic heterocycles. The Kier molecular flexibility index (Phi) is 2.47. The maximum Gasteiger partial charge on any atom is 0.352 e. The number of nitrogens with one attached hydrogen (secondary N) is 2. The van der Waals surface area contributed by atoms with Crippen LogP contribution in [0.15, 0.2) is 21.7 Å². The lowest BCUT2D eigenvalue weighted by Gasteiger charge is -2.01. The van der Waals surface area contributed by atoms with Gasteiger partial charge >= 0.3 is 11.9 Å². The molecule has 0 aliphatic carbocycles. The van der Waals surface area contributed by atoms with E-state index in [-0.39, 0.29) is 11.0 Å². The van der Waals surface area contributed by atoms with E-state index in [2.05, 4.69) is 9.97 Å². The summed E-state index contributed by atoms with van der Waals surface area (Å²) in [6.07, 6.45) is 0. The molecule has 0 radical (unpaired) electrons. The maximum absolute atomic E-state index is 11.6. The molecule has 18 heavy (non-hydrogen) atoms. The first-order chi connectivity index (χ1) is 8.40. The summed E-state index contributed by atoms with van der Waals surface area (Å²) in [5, 5.41) is 17.5. The van der Waals surface area contributed by atoms with Gasteiger partial charge in [-0.25, -0.2) is 9.59 Å². The number of pyridine rings is 2. The van der Waals surface area contributed by atoms with E-state index in [0.717, 1.165) is 12.1 Å². The smallest absolute Gasteiger partial charge is 0.352 e. The van der Waals surface area contributed by atoms with Gasteiger partial charge in [0.25, 0.3) is 0 Å². The highest BCUT2D eigenvalue weighted by atomic mass is 16.4. The summed E-state index contributed by atoms with van der Waals surface area (Å²) in [4.78, 5) is 49.1. The third kappa shape index (κ3) is 1.75. The van der Waals surface area contributed by atoms with Crippen LogP contribution in [0.25, 0.3) is 11.0 Å². The van der Waals surface area contributed by atoms with E-state index in [1.165, 1.54) is 0 Å². The average molecular weight is 250 g/mol. The molecule has 0 aromatic carbocycles. The molecule has 0 saturated carbocycles. The summed E-state index contributed by atoms with van der Waals surface area (Å²) in [7, 11) is 0. The molecule has 92 valence electrons. The van der Waals surface area contributed by atoms with Crippen LogP contribution in [0.4, 0.5) is 0 Å². The summed E-state index contributed by atoms with van der Waals surface area (Å²) in [5.41, 5.74) is -2.99. The van der Waals surface area contributed by atoms with E-state index >= 15 is 0 Å². The maximum atomic E-state index is 11.6. The van der Waals surface area contributed by atoms with Crippen molar-refractivity contribution in [1.82, 2.24) is 9.97 Å². The van der Waals surface area contributed by atoms with Crippen molar-refractivity contribution >= 4 is 23.0 Å². The predicted octanol–water partition coefficient (Wildman–Crippen LogP) is -0.387. The van der Waals surface area contributed by atoms with Gasteiger partial charge in [-0.05, 0) is 0 Å². The minimum atomic E-state index is -1.39. The molecule has 2 rings (SSSR count). The number of rotatable bonds is 2. The van der Waals surface area contributed by atoms with Crippen molar-refractivity contribution in [1.29, 1.82) is 0 Å². The molecule has 0 unspecified atom stereocenters. The fourth-order valence-corrected chi connectivity index (χ4v) is 1.47. The second-order valence-electron chi connectivity index (χ2n) is 3.45. The largest absolute Gasteiger partial charge is 0.477 e. The Morgan fingerprint density at radius 1 is 0.833 bits per heavy atom. The number of fused-ring (bicyclic) bond motifs is 1. The lowest BCUT2D eigenvalue weighted by molar-refractivity contribution is 0.0679. The van der Waals surface area contributed by atoms with Gasteiger partial charge in [-0.1, -0.05) is 0 Å². The van der Waals surface area contributed by atoms with E-state index in [0.29, 0.717) is 0 Å². The van der Waals surface area contributed by atoms with Gasteiger partial charge in [0.1, 0.15) is 22.4 Å². The number of carboxylic acids is 2. The zero-order valence-electron chi connectivity index (χ0n) is 8.68. The number of carbonyl (C=O) groups is 2. The fourth-order valence-electron chi connectivity index (χ4n) is 1.47. The molecular weight excluding hydrogens is 244 g/mol. The van der Waals surface area contributed by atoms with Crippen molar-refractivity contribution in [2.45, 2.75) is 0 Å². The summed E-state index contributed by atoms with van der Waals surface area (Å²) in [6, 6.07) is 1.54. The third-order valence-corrected chi connectivity index (χ3v) is 2.27. The van der Waals surface area contributed by atoms with Crippen molar-refractivity contribution in [2.24, 2.45) is 0 Å². The van der Waals surface area contributed by atoms with Gasteiger partial charge in [-0.3, -0.25) is 9.59 Å². The molecule has 0 amide bonds. The van der Waals surface area contributed by atoms with Crippen molar-refractivity contribution in [3.05, 3.63) is 44.0 Å². The fraction of sp³-hybridized carbons (Fsp3) is 0. The Bertz CT molecular complexity index is 718. The van der Waals surface area contributed by atoms with Crippen LogP contribution in [0, 0.1) is 0 Å². The molecule has 0 fully saturated rings. The van der Waals surface area contributed by atoms with Crippen LogP contribution < -0.4 is 10.9 Å². The van der Waals surface area contributed by atoms with Crippen LogP contribution in [-0.2, 0) is 0 Å². The first-order valence-corrected chi connectivity index (χ1v) is 4.67. The molecule has 2 heterocycles. The molecule has 0 aliphatic heterocycles.